The van der Waals surface area contributed by atoms with Gasteiger partial charge in [-0.3, -0.25) is 4.90 Å². The molecule has 1 unspecified atom stereocenters. The summed E-state index contributed by atoms with van der Waals surface area (Å²) in [4.78, 5) is 12.2. The second kappa shape index (κ2) is 8.58. The van der Waals surface area contributed by atoms with Gasteiger partial charge in [0.2, 0.25) is 17.8 Å². The van der Waals surface area contributed by atoms with Crippen molar-refractivity contribution in [1.29, 1.82) is 0 Å². The molecule has 6 atom stereocenters. The number of alkyl halides is 3. The molecule has 4 aliphatic rings. The molecule has 0 amide bonds. The standard InChI is InChI=1S/C21H32F3NO5/c1-13-4-5-15-16(12-25-8-10-27-11-9-25)18(21(22,23)24)28-19-17(15)14(13)6-7-20(2,29-19)30-26-3/h13-15,17,19H,4-12H2,1-3H3/t13-,14+,15+,17?,19-,20+/m1/s1. The maximum Gasteiger partial charge on any atom is 0.449 e. The molecule has 0 radical (unpaired) electrons. The summed E-state index contributed by atoms with van der Waals surface area (Å²) in [6, 6.07) is 0. The van der Waals surface area contributed by atoms with Gasteiger partial charge in [-0.15, -0.1) is 0 Å². The minimum Gasteiger partial charge on any atom is -0.459 e. The van der Waals surface area contributed by atoms with E-state index in [0.29, 0.717) is 50.6 Å². The van der Waals surface area contributed by atoms with Gasteiger partial charge in [0.1, 0.15) is 0 Å². The molecule has 0 N–H and O–H groups in total. The lowest BCUT2D eigenvalue weighted by atomic mass is 9.62. The third-order valence-electron chi connectivity index (χ3n) is 7.22. The summed E-state index contributed by atoms with van der Waals surface area (Å²) in [5.41, 5.74) is 0.377. The Balaban J connectivity index is 1.71. The molecule has 0 aromatic rings. The second-order valence-electron chi connectivity index (χ2n) is 9.17. The van der Waals surface area contributed by atoms with Crippen molar-refractivity contribution in [3.8, 4) is 0 Å². The molecule has 1 saturated carbocycles. The fraction of sp³-hybridized carbons (Fsp3) is 0.905. The van der Waals surface area contributed by atoms with Gasteiger partial charge in [0.15, 0.2) is 0 Å². The number of nitrogens with zero attached hydrogens (tertiary/aromatic N) is 1. The van der Waals surface area contributed by atoms with Gasteiger partial charge in [0, 0.05) is 32.0 Å². The summed E-state index contributed by atoms with van der Waals surface area (Å²) >= 11 is 0. The fourth-order valence-corrected chi connectivity index (χ4v) is 5.75. The highest BCUT2D eigenvalue weighted by molar-refractivity contribution is 5.24. The van der Waals surface area contributed by atoms with Gasteiger partial charge in [0.25, 0.3) is 0 Å². The predicted octanol–water partition coefficient (Wildman–Crippen LogP) is 3.87. The molecular weight excluding hydrogens is 403 g/mol. The molecule has 0 spiro atoms. The Morgan fingerprint density at radius 1 is 1.17 bits per heavy atom. The van der Waals surface area contributed by atoms with Crippen LogP contribution in [0.5, 0.6) is 0 Å². The quantitative estimate of drug-likeness (QED) is 0.494. The van der Waals surface area contributed by atoms with Crippen LogP contribution in [0.3, 0.4) is 0 Å². The number of allylic oxidation sites excluding steroid dienone is 1. The lowest BCUT2D eigenvalue weighted by molar-refractivity contribution is -0.438. The fourth-order valence-electron chi connectivity index (χ4n) is 5.75. The summed E-state index contributed by atoms with van der Waals surface area (Å²) in [5, 5.41) is 0. The zero-order chi connectivity index (χ0) is 21.5. The minimum absolute atomic E-state index is 0.127. The summed E-state index contributed by atoms with van der Waals surface area (Å²) in [7, 11) is 1.38. The molecule has 4 rings (SSSR count). The van der Waals surface area contributed by atoms with E-state index in [0.717, 1.165) is 12.8 Å². The SMILES string of the molecule is COO[C@@]1(C)CC[C@@H]2C3[C@H](OC(C(F)(F)F)=C(CN4CCOCC4)[C@@H]3CC[C@H]2C)O1. The van der Waals surface area contributed by atoms with Gasteiger partial charge < -0.3 is 14.2 Å². The highest BCUT2D eigenvalue weighted by Crippen LogP contribution is 2.55. The first kappa shape index (κ1) is 22.3. The molecule has 3 fully saturated rings. The van der Waals surface area contributed by atoms with Crippen molar-refractivity contribution in [3.05, 3.63) is 11.3 Å². The third kappa shape index (κ3) is 4.37. The van der Waals surface area contributed by atoms with Crippen LogP contribution in [-0.4, -0.2) is 63.1 Å². The summed E-state index contributed by atoms with van der Waals surface area (Å²) in [6.07, 6.45) is -2.62. The van der Waals surface area contributed by atoms with Gasteiger partial charge in [-0.25, -0.2) is 9.78 Å². The Labute approximate surface area is 175 Å². The second-order valence-corrected chi connectivity index (χ2v) is 9.17. The van der Waals surface area contributed by atoms with Crippen LogP contribution >= 0.6 is 0 Å². The van der Waals surface area contributed by atoms with E-state index in [-0.39, 0.29) is 24.3 Å². The van der Waals surface area contributed by atoms with Crippen molar-refractivity contribution < 1.29 is 37.2 Å². The monoisotopic (exact) mass is 435 g/mol. The van der Waals surface area contributed by atoms with Crippen molar-refractivity contribution >= 4 is 0 Å². The first-order valence-electron chi connectivity index (χ1n) is 10.9. The number of rotatable bonds is 4. The van der Waals surface area contributed by atoms with Crippen molar-refractivity contribution in [3.63, 3.8) is 0 Å². The van der Waals surface area contributed by atoms with Crippen LogP contribution in [0.1, 0.15) is 39.5 Å². The zero-order valence-corrected chi connectivity index (χ0v) is 17.9. The predicted molar refractivity (Wildman–Crippen MR) is 101 cm³/mol. The number of ether oxygens (including phenoxy) is 3. The largest absolute Gasteiger partial charge is 0.459 e. The van der Waals surface area contributed by atoms with Crippen LogP contribution in [0.4, 0.5) is 13.2 Å². The maximum atomic E-state index is 14.1. The zero-order valence-electron chi connectivity index (χ0n) is 17.9. The van der Waals surface area contributed by atoms with Crippen LogP contribution in [0.2, 0.25) is 0 Å². The van der Waals surface area contributed by atoms with Gasteiger partial charge in [-0.2, -0.15) is 13.2 Å². The van der Waals surface area contributed by atoms with E-state index in [1.54, 1.807) is 6.92 Å². The van der Waals surface area contributed by atoms with Crippen LogP contribution in [0, 0.1) is 23.7 Å². The van der Waals surface area contributed by atoms with Crippen LogP contribution in [0.25, 0.3) is 0 Å². The van der Waals surface area contributed by atoms with Crippen molar-refractivity contribution in [2.75, 3.05) is 40.0 Å². The number of hydrogen-bond acceptors (Lipinski definition) is 6. The number of morpholine rings is 1. The molecule has 172 valence electrons. The summed E-state index contributed by atoms with van der Waals surface area (Å²) < 4.78 is 59.4. The Morgan fingerprint density at radius 3 is 2.57 bits per heavy atom. The molecular formula is C21H32F3NO5. The minimum atomic E-state index is -4.57. The molecule has 6 nitrogen and oxygen atoms in total. The molecule has 9 heteroatoms. The van der Waals surface area contributed by atoms with E-state index >= 15 is 0 Å². The van der Waals surface area contributed by atoms with Crippen LogP contribution in [-0.2, 0) is 24.0 Å². The lowest BCUT2D eigenvalue weighted by Gasteiger charge is -2.49. The average Bonchev–Trinajstić information content (AvgIpc) is 2.83. The Bertz CT molecular complexity index is 651. The van der Waals surface area contributed by atoms with Gasteiger partial charge in [-0.1, -0.05) is 6.92 Å². The summed E-state index contributed by atoms with van der Waals surface area (Å²) in [6.45, 7) is 6.50. The average molecular weight is 435 g/mol. The van der Waals surface area contributed by atoms with E-state index in [2.05, 4.69) is 6.92 Å². The van der Waals surface area contributed by atoms with E-state index in [9.17, 15) is 13.2 Å². The smallest absolute Gasteiger partial charge is 0.449 e. The lowest BCUT2D eigenvalue weighted by Crippen LogP contribution is -2.51. The molecule has 1 aliphatic carbocycles. The first-order valence-corrected chi connectivity index (χ1v) is 10.9. The van der Waals surface area contributed by atoms with E-state index in [1.807, 2.05) is 4.90 Å². The molecule has 3 heterocycles. The number of halogens is 3. The highest BCUT2D eigenvalue weighted by atomic mass is 19.4. The Morgan fingerprint density at radius 2 is 1.90 bits per heavy atom. The first-order chi connectivity index (χ1) is 14.2. The van der Waals surface area contributed by atoms with Crippen LogP contribution in [0.15, 0.2) is 11.3 Å². The normalized spacial score (nSPS) is 40.5. The Hall–Kier alpha value is -0.870. The molecule has 3 aliphatic heterocycles. The van der Waals surface area contributed by atoms with Crippen LogP contribution < -0.4 is 0 Å². The van der Waals surface area contributed by atoms with Crippen molar-refractivity contribution in [2.24, 2.45) is 23.7 Å². The van der Waals surface area contributed by atoms with E-state index in [4.69, 9.17) is 24.0 Å². The van der Waals surface area contributed by atoms with Crippen molar-refractivity contribution in [2.45, 2.75) is 57.8 Å². The maximum absolute atomic E-state index is 14.1. The third-order valence-corrected chi connectivity index (χ3v) is 7.22. The highest BCUT2D eigenvalue weighted by Gasteiger charge is 2.56. The van der Waals surface area contributed by atoms with Crippen molar-refractivity contribution in [1.82, 2.24) is 4.90 Å². The summed E-state index contributed by atoms with van der Waals surface area (Å²) in [5.74, 6) is -1.75. The van der Waals surface area contributed by atoms with Gasteiger partial charge in [0.05, 0.1) is 20.3 Å². The Kier molecular flexibility index (Phi) is 6.38. The molecule has 2 saturated heterocycles. The van der Waals surface area contributed by atoms with E-state index < -0.39 is 24.0 Å². The molecule has 0 aromatic carbocycles. The topological polar surface area (TPSA) is 49.4 Å². The molecule has 30 heavy (non-hydrogen) atoms. The van der Waals surface area contributed by atoms with Gasteiger partial charge in [-0.05, 0) is 49.5 Å². The molecule has 0 bridgehead atoms. The number of hydrogen-bond donors (Lipinski definition) is 0. The molecule has 0 aromatic heterocycles. The van der Waals surface area contributed by atoms with Gasteiger partial charge >= 0.3 is 6.18 Å². The van der Waals surface area contributed by atoms with E-state index in [1.165, 1.54) is 7.11 Å².